The number of rotatable bonds is 3. The van der Waals surface area contributed by atoms with Gasteiger partial charge in [-0.3, -0.25) is 4.79 Å². The van der Waals surface area contributed by atoms with Crippen molar-refractivity contribution in [3.8, 4) is 0 Å². The van der Waals surface area contributed by atoms with E-state index < -0.39 is 0 Å². The molecule has 0 spiro atoms. The van der Waals surface area contributed by atoms with Crippen molar-refractivity contribution in [2.75, 3.05) is 0 Å². The van der Waals surface area contributed by atoms with Crippen molar-refractivity contribution >= 4 is 18.6 Å². The van der Waals surface area contributed by atoms with Gasteiger partial charge in [-0.05, 0) is 37.0 Å². The number of ether oxygens (including phenoxy) is 1. The third kappa shape index (κ3) is 4.00. The summed E-state index contributed by atoms with van der Waals surface area (Å²) in [4.78, 5) is 11.7. The van der Waals surface area contributed by atoms with Crippen LogP contribution in [0.1, 0.15) is 53.4 Å². The number of esters is 1. The first kappa shape index (κ1) is 13.9. The normalized spacial score (nSPS) is 23.1. The largest absolute Gasteiger partial charge is 0.462 e. The maximum atomic E-state index is 11.7. The molecule has 0 N–H and O–H groups in total. The molecule has 1 saturated carbocycles. The van der Waals surface area contributed by atoms with E-state index in [-0.39, 0.29) is 23.2 Å². The molecule has 1 atom stereocenters. The van der Waals surface area contributed by atoms with Gasteiger partial charge in [-0.15, -0.1) is 0 Å². The molecule has 1 fully saturated rings. The van der Waals surface area contributed by atoms with Crippen LogP contribution in [-0.2, 0) is 9.53 Å². The van der Waals surface area contributed by atoms with Crippen LogP contribution in [0.2, 0.25) is 0 Å². The molecular weight excluding hydrogens is 220 g/mol. The van der Waals surface area contributed by atoms with Crippen LogP contribution in [0.5, 0.6) is 0 Å². The molecule has 0 aromatic carbocycles. The molecule has 1 aliphatic rings. The van der Waals surface area contributed by atoms with E-state index >= 15 is 0 Å². The number of thiol groups is 1. The zero-order valence-electron chi connectivity index (χ0n) is 10.8. The lowest BCUT2D eigenvalue weighted by Crippen LogP contribution is -2.32. The van der Waals surface area contributed by atoms with Gasteiger partial charge in [0.25, 0.3) is 0 Å². The van der Waals surface area contributed by atoms with Crippen LogP contribution in [0.15, 0.2) is 0 Å². The van der Waals surface area contributed by atoms with Gasteiger partial charge in [0.05, 0.1) is 0 Å². The van der Waals surface area contributed by atoms with E-state index in [0.29, 0.717) is 5.41 Å². The smallest absolute Gasteiger partial charge is 0.319 e. The fraction of sp³-hybridized carbons (Fsp3) is 0.923. The summed E-state index contributed by atoms with van der Waals surface area (Å²) in [5.74, 6) is 0.0823. The lowest BCUT2D eigenvalue weighted by molar-refractivity contribution is -0.151. The van der Waals surface area contributed by atoms with Crippen molar-refractivity contribution < 1.29 is 9.53 Å². The molecule has 2 nitrogen and oxygen atoms in total. The van der Waals surface area contributed by atoms with E-state index in [4.69, 9.17) is 4.74 Å². The minimum Gasteiger partial charge on any atom is -0.462 e. The quantitative estimate of drug-likeness (QED) is 0.608. The Balaban J connectivity index is 2.37. The third-order valence-electron chi connectivity index (χ3n) is 3.44. The Labute approximate surface area is 105 Å². The molecule has 0 aliphatic heterocycles. The molecule has 0 bridgehead atoms. The van der Waals surface area contributed by atoms with Crippen LogP contribution in [0.4, 0.5) is 0 Å². The van der Waals surface area contributed by atoms with E-state index in [2.05, 4.69) is 26.5 Å². The molecule has 16 heavy (non-hydrogen) atoms. The monoisotopic (exact) mass is 244 g/mol. The topological polar surface area (TPSA) is 26.3 Å². The minimum absolute atomic E-state index is 0.119. The Hall–Kier alpha value is -0.180. The fourth-order valence-electron chi connectivity index (χ4n) is 2.00. The van der Waals surface area contributed by atoms with Crippen LogP contribution in [0, 0.1) is 11.3 Å². The molecule has 0 heterocycles. The van der Waals surface area contributed by atoms with Gasteiger partial charge in [0.1, 0.15) is 11.4 Å². The van der Waals surface area contributed by atoms with E-state index in [1.165, 1.54) is 0 Å². The van der Waals surface area contributed by atoms with E-state index in [9.17, 15) is 4.79 Å². The number of carbonyl (C=O) groups is 1. The van der Waals surface area contributed by atoms with E-state index in [1.807, 2.05) is 13.8 Å². The predicted octanol–water partition coefficient (Wildman–Crippen LogP) is 3.45. The molecule has 0 radical (unpaired) electrons. The van der Waals surface area contributed by atoms with Crippen LogP contribution in [0.25, 0.3) is 0 Å². The summed E-state index contributed by atoms with van der Waals surface area (Å²) >= 11 is 4.28. The molecule has 0 saturated heterocycles. The van der Waals surface area contributed by atoms with Crippen molar-refractivity contribution in [3.63, 3.8) is 0 Å². The molecular formula is C13H24O2S. The van der Waals surface area contributed by atoms with Gasteiger partial charge in [-0.25, -0.2) is 0 Å². The standard InChI is InChI=1S/C13H24O2S/c1-9(2)11(16)12(14)15-10-5-7-13(3,4)8-6-10/h9-11,16H,5-8H2,1-4H3. The van der Waals surface area contributed by atoms with Gasteiger partial charge in [-0.1, -0.05) is 27.7 Å². The van der Waals surface area contributed by atoms with Crippen molar-refractivity contribution in [2.45, 2.75) is 64.7 Å². The zero-order valence-corrected chi connectivity index (χ0v) is 11.7. The van der Waals surface area contributed by atoms with Crippen molar-refractivity contribution in [1.82, 2.24) is 0 Å². The minimum atomic E-state index is -0.282. The Kier molecular flexibility index (Phi) is 4.72. The highest BCUT2D eigenvalue weighted by Crippen LogP contribution is 2.36. The first-order chi connectivity index (χ1) is 7.32. The molecule has 1 rings (SSSR count). The van der Waals surface area contributed by atoms with Crippen molar-refractivity contribution in [1.29, 1.82) is 0 Å². The summed E-state index contributed by atoms with van der Waals surface area (Å²) in [6.07, 6.45) is 4.40. The molecule has 3 heteroatoms. The summed E-state index contributed by atoms with van der Waals surface area (Å²) in [6, 6.07) is 0. The van der Waals surface area contributed by atoms with Crippen molar-refractivity contribution in [3.05, 3.63) is 0 Å². The highest BCUT2D eigenvalue weighted by Gasteiger charge is 2.30. The van der Waals surface area contributed by atoms with Crippen LogP contribution >= 0.6 is 12.6 Å². The molecule has 1 unspecified atom stereocenters. The SMILES string of the molecule is CC(C)C(S)C(=O)OC1CCC(C)(C)CC1. The second-order valence-corrected chi connectivity index (χ2v) is 6.55. The van der Waals surface area contributed by atoms with Crippen LogP contribution in [0.3, 0.4) is 0 Å². The van der Waals surface area contributed by atoms with Gasteiger partial charge in [0.15, 0.2) is 0 Å². The van der Waals surface area contributed by atoms with Gasteiger partial charge in [0, 0.05) is 0 Å². The Morgan fingerprint density at radius 3 is 2.25 bits per heavy atom. The maximum absolute atomic E-state index is 11.7. The summed E-state index contributed by atoms with van der Waals surface area (Å²) in [6.45, 7) is 8.53. The third-order valence-corrected chi connectivity index (χ3v) is 4.25. The Morgan fingerprint density at radius 1 is 1.31 bits per heavy atom. The maximum Gasteiger partial charge on any atom is 0.319 e. The first-order valence-corrected chi connectivity index (χ1v) is 6.72. The predicted molar refractivity (Wildman–Crippen MR) is 69.7 cm³/mol. The zero-order chi connectivity index (χ0) is 12.3. The van der Waals surface area contributed by atoms with Gasteiger partial charge < -0.3 is 4.74 Å². The van der Waals surface area contributed by atoms with Crippen LogP contribution in [-0.4, -0.2) is 17.3 Å². The van der Waals surface area contributed by atoms with Crippen LogP contribution < -0.4 is 0 Å². The highest BCUT2D eigenvalue weighted by molar-refractivity contribution is 7.81. The lowest BCUT2D eigenvalue weighted by atomic mass is 9.76. The summed E-state index contributed by atoms with van der Waals surface area (Å²) in [5, 5.41) is -0.282. The van der Waals surface area contributed by atoms with Gasteiger partial charge in [0.2, 0.25) is 0 Å². The highest BCUT2D eigenvalue weighted by atomic mass is 32.1. The summed E-state index contributed by atoms with van der Waals surface area (Å²) in [7, 11) is 0. The first-order valence-electron chi connectivity index (χ1n) is 6.20. The number of hydrogen-bond donors (Lipinski definition) is 1. The molecule has 0 amide bonds. The van der Waals surface area contributed by atoms with Gasteiger partial charge in [-0.2, -0.15) is 12.6 Å². The average molecular weight is 244 g/mol. The second kappa shape index (κ2) is 5.44. The average Bonchev–Trinajstić information content (AvgIpc) is 2.19. The molecule has 0 aromatic heterocycles. The lowest BCUT2D eigenvalue weighted by Gasteiger charge is -2.34. The Bertz CT molecular complexity index is 238. The van der Waals surface area contributed by atoms with Gasteiger partial charge >= 0.3 is 5.97 Å². The fourth-order valence-corrected chi connectivity index (χ4v) is 2.06. The molecule has 1 aliphatic carbocycles. The second-order valence-electron chi connectivity index (χ2n) is 5.99. The molecule has 0 aromatic rings. The summed E-state index contributed by atoms with van der Waals surface area (Å²) in [5.41, 5.74) is 0.418. The summed E-state index contributed by atoms with van der Waals surface area (Å²) < 4.78 is 5.49. The Morgan fingerprint density at radius 2 is 1.81 bits per heavy atom. The number of carbonyl (C=O) groups excluding carboxylic acids is 1. The van der Waals surface area contributed by atoms with E-state index in [1.54, 1.807) is 0 Å². The number of hydrogen-bond acceptors (Lipinski definition) is 3. The molecule has 94 valence electrons. The van der Waals surface area contributed by atoms with E-state index in [0.717, 1.165) is 25.7 Å². The van der Waals surface area contributed by atoms with Crippen molar-refractivity contribution in [2.24, 2.45) is 11.3 Å².